The van der Waals surface area contributed by atoms with Crippen molar-refractivity contribution in [1.82, 2.24) is 0 Å². The molecule has 2 N–H and O–H groups in total. The van der Waals surface area contributed by atoms with Crippen molar-refractivity contribution in [2.45, 2.75) is 77.3 Å². The molecule has 3 fully saturated rings. The molecule has 0 aromatic carbocycles. The van der Waals surface area contributed by atoms with Gasteiger partial charge in [0.1, 0.15) is 5.60 Å². The average molecular weight is 364 g/mol. The zero-order chi connectivity index (χ0) is 19.1. The van der Waals surface area contributed by atoms with Crippen molar-refractivity contribution < 1.29 is 24.5 Å². The molecule has 4 aliphatic rings. The summed E-state index contributed by atoms with van der Waals surface area (Å²) in [5, 5.41) is 23.0. The Bertz CT molecular complexity index is 669. The molecule has 0 radical (unpaired) electrons. The van der Waals surface area contributed by atoms with Gasteiger partial charge in [-0.15, -0.1) is 0 Å². The van der Waals surface area contributed by atoms with E-state index in [1.54, 1.807) is 13.2 Å². The Balaban J connectivity index is 1.84. The summed E-state index contributed by atoms with van der Waals surface area (Å²) in [5.41, 5.74) is -1.08. The molecule has 5 nitrogen and oxygen atoms in total. The molecule has 1 aliphatic heterocycles. The standard InChI is InChI=1S/C21H32O5/c1-12-13-9-16(22)21(24)18(2,3)7-6-8-19(21,4)15(13)11-20(25-5)14(12)10-17(23)26-20/h10,12-13,15-16,22,24H,6-9,11H2,1-5H3. The van der Waals surface area contributed by atoms with E-state index in [0.717, 1.165) is 24.8 Å². The molecular weight excluding hydrogens is 332 g/mol. The number of carbonyl (C=O) groups is 1. The molecule has 0 aromatic rings. The van der Waals surface area contributed by atoms with Gasteiger partial charge in [-0.3, -0.25) is 0 Å². The topological polar surface area (TPSA) is 76.0 Å². The number of fused-ring (bicyclic) bond motifs is 4. The summed E-state index contributed by atoms with van der Waals surface area (Å²) < 4.78 is 11.4. The summed E-state index contributed by atoms with van der Waals surface area (Å²) in [6.45, 7) is 8.39. The SMILES string of the molecule is COC12CC3C(CC(O)C4(O)C(C)(C)CCCC34C)C(C)C1=CC(=O)O2. The van der Waals surface area contributed by atoms with E-state index >= 15 is 0 Å². The van der Waals surface area contributed by atoms with Crippen LogP contribution in [-0.4, -0.2) is 40.8 Å². The maximum Gasteiger partial charge on any atom is 0.333 e. The number of carbonyl (C=O) groups excluding carboxylic acids is 1. The molecule has 26 heavy (non-hydrogen) atoms. The monoisotopic (exact) mass is 364 g/mol. The van der Waals surface area contributed by atoms with E-state index in [0.29, 0.717) is 12.8 Å². The zero-order valence-electron chi connectivity index (χ0n) is 16.5. The molecule has 0 bridgehead atoms. The van der Waals surface area contributed by atoms with Gasteiger partial charge in [0.2, 0.25) is 5.79 Å². The van der Waals surface area contributed by atoms with Gasteiger partial charge >= 0.3 is 5.97 Å². The van der Waals surface area contributed by atoms with Gasteiger partial charge in [0.25, 0.3) is 0 Å². The first kappa shape index (κ1) is 18.5. The molecule has 5 heteroatoms. The normalized spacial score (nSPS) is 52.4. The number of esters is 1. The molecule has 3 aliphatic carbocycles. The highest BCUT2D eigenvalue weighted by Crippen LogP contribution is 2.68. The van der Waals surface area contributed by atoms with E-state index in [2.05, 4.69) is 27.7 Å². The molecule has 0 aromatic heterocycles. The Labute approximate surface area is 155 Å². The molecular formula is C21H32O5. The smallest absolute Gasteiger partial charge is 0.333 e. The molecule has 0 spiro atoms. The minimum atomic E-state index is -1.15. The van der Waals surface area contributed by atoms with E-state index in [1.807, 2.05) is 0 Å². The lowest BCUT2D eigenvalue weighted by molar-refractivity contribution is -0.306. The quantitative estimate of drug-likeness (QED) is 0.700. The van der Waals surface area contributed by atoms with Gasteiger partial charge in [0.15, 0.2) is 0 Å². The van der Waals surface area contributed by atoms with Gasteiger partial charge in [-0.1, -0.05) is 34.1 Å². The van der Waals surface area contributed by atoms with Crippen molar-refractivity contribution in [1.29, 1.82) is 0 Å². The van der Waals surface area contributed by atoms with E-state index in [9.17, 15) is 15.0 Å². The molecule has 3 saturated carbocycles. The van der Waals surface area contributed by atoms with E-state index < -0.39 is 22.9 Å². The van der Waals surface area contributed by atoms with Gasteiger partial charge in [-0.25, -0.2) is 4.79 Å². The Kier molecular flexibility index (Phi) is 3.78. The van der Waals surface area contributed by atoms with E-state index in [-0.39, 0.29) is 29.1 Å². The Hall–Kier alpha value is -0.910. The summed E-state index contributed by atoms with van der Waals surface area (Å²) in [4.78, 5) is 12.0. The van der Waals surface area contributed by atoms with Crippen molar-refractivity contribution in [2.24, 2.45) is 28.6 Å². The van der Waals surface area contributed by atoms with Gasteiger partial charge in [0, 0.05) is 30.6 Å². The van der Waals surface area contributed by atoms with Crippen LogP contribution in [0.25, 0.3) is 0 Å². The lowest BCUT2D eigenvalue weighted by atomic mass is 9.40. The van der Waals surface area contributed by atoms with E-state index in [4.69, 9.17) is 9.47 Å². The van der Waals surface area contributed by atoms with Gasteiger partial charge in [-0.2, -0.15) is 0 Å². The first-order chi connectivity index (χ1) is 12.0. The van der Waals surface area contributed by atoms with Crippen molar-refractivity contribution in [3.63, 3.8) is 0 Å². The van der Waals surface area contributed by atoms with Crippen LogP contribution < -0.4 is 0 Å². The number of hydrogen-bond acceptors (Lipinski definition) is 5. The fourth-order valence-corrected chi connectivity index (χ4v) is 7.23. The van der Waals surface area contributed by atoms with Gasteiger partial charge in [-0.05, 0) is 42.4 Å². The fraction of sp³-hybridized carbons (Fsp3) is 0.857. The molecule has 7 unspecified atom stereocenters. The molecule has 4 rings (SSSR count). The maximum atomic E-state index is 12.0. The van der Waals surface area contributed by atoms with Crippen LogP contribution >= 0.6 is 0 Å². The third-order valence-electron chi connectivity index (χ3n) is 8.64. The second-order valence-corrected chi connectivity index (χ2v) is 9.91. The number of ether oxygens (including phenoxy) is 2. The van der Waals surface area contributed by atoms with Crippen LogP contribution in [0.5, 0.6) is 0 Å². The second-order valence-electron chi connectivity index (χ2n) is 9.91. The number of rotatable bonds is 1. The van der Waals surface area contributed by atoms with Crippen LogP contribution in [0.15, 0.2) is 11.6 Å². The highest BCUT2D eigenvalue weighted by atomic mass is 16.7. The zero-order valence-corrected chi connectivity index (χ0v) is 16.5. The van der Waals surface area contributed by atoms with Crippen molar-refractivity contribution >= 4 is 5.97 Å². The number of hydrogen-bond donors (Lipinski definition) is 2. The lowest BCUT2D eigenvalue weighted by Crippen LogP contribution is -2.73. The van der Waals surface area contributed by atoms with Crippen LogP contribution in [0.2, 0.25) is 0 Å². The number of aliphatic hydroxyl groups excluding tert-OH is 1. The van der Waals surface area contributed by atoms with Crippen molar-refractivity contribution in [3.8, 4) is 0 Å². The van der Waals surface area contributed by atoms with Crippen LogP contribution in [-0.2, 0) is 14.3 Å². The van der Waals surface area contributed by atoms with Crippen molar-refractivity contribution in [3.05, 3.63) is 11.6 Å². The minimum absolute atomic E-state index is 0.0706. The molecule has 1 heterocycles. The Morgan fingerprint density at radius 3 is 2.62 bits per heavy atom. The predicted molar refractivity (Wildman–Crippen MR) is 96.0 cm³/mol. The Morgan fingerprint density at radius 1 is 1.27 bits per heavy atom. The first-order valence-electron chi connectivity index (χ1n) is 9.93. The van der Waals surface area contributed by atoms with Crippen LogP contribution in [0.3, 0.4) is 0 Å². The third kappa shape index (κ3) is 1.95. The molecule has 7 atom stereocenters. The first-order valence-corrected chi connectivity index (χ1v) is 9.93. The third-order valence-corrected chi connectivity index (χ3v) is 8.64. The maximum absolute atomic E-state index is 12.0. The van der Waals surface area contributed by atoms with Crippen LogP contribution in [0, 0.1) is 28.6 Å². The fourth-order valence-electron chi connectivity index (χ4n) is 7.23. The second kappa shape index (κ2) is 5.33. The van der Waals surface area contributed by atoms with E-state index in [1.165, 1.54) is 0 Å². The Morgan fingerprint density at radius 2 is 1.96 bits per heavy atom. The highest BCUT2D eigenvalue weighted by Gasteiger charge is 2.71. The predicted octanol–water partition coefficient (Wildman–Crippen LogP) is 2.80. The molecule has 146 valence electrons. The summed E-state index contributed by atoms with van der Waals surface area (Å²) >= 11 is 0. The number of aliphatic hydroxyl groups is 2. The van der Waals surface area contributed by atoms with Gasteiger partial charge < -0.3 is 19.7 Å². The summed E-state index contributed by atoms with van der Waals surface area (Å²) in [5.74, 6) is -0.967. The average Bonchev–Trinajstić information content (AvgIpc) is 2.91. The molecule has 0 saturated heterocycles. The molecule has 0 amide bonds. The highest BCUT2D eigenvalue weighted by molar-refractivity contribution is 5.86. The summed E-state index contributed by atoms with van der Waals surface area (Å²) in [7, 11) is 1.59. The summed E-state index contributed by atoms with van der Waals surface area (Å²) in [6.07, 6.45) is 4.71. The lowest BCUT2D eigenvalue weighted by Gasteiger charge is -2.68. The summed E-state index contributed by atoms with van der Waals surface area (Å²) in [6, 6.07) is 0. The van der Waals surface area contributed by atoms with Crippen molar-refractivity contribution in [2.75, 3.05) is 7.11 Å². The minimum Gasteiger partial charge on any atom is -0.426 e. The van der Waals surface area contributed by atoms with Crippen LogP contribution in [0.1, 0.15) is 59.8 Å². The van der Waals surface area contributed by atoms with Gasteiger partial charge in [0.05, 0.1) is 6.10 Å². The number of methoxy groups -OCH3 is 1. The van der Waals surface area contributed by atoms with Crippen LogP contribution in [0.4, 0.5) is 0 Å². The largest absolute Gasteiger partial charge is 0.426 e.